The van der Waals surface area contributed by atoms with Crippen molar-refractivity contribution in [2.24, 2.45) is 5.92 Å². The Balaban J connectivity index is 2.13. The topological polar surface area (TPSA) is 79.2 Å². The first-order valence-electron chi connectivity index (χ1n) is 7.03. The Hall–Kier alpha value is -1.87. The largest absolute Gasteiger partial charge is 0.469 e. The van der Waals surface area contributed by atoms with Gasteiger partial charge in [-0.05, 0) is 24.3 Å². The molecule has 0 spiro atoms. The monoisotopic (exact) mass is 306 g/mol. The zero-order valence-electron chi connectivity index (χ0n) is 11.9. The number of carbonyl (C=O) groups is 2. The van der Waals surface area contributed by atoms with Crippen LogP contribution in [-0.2, 0) is 9.53 Å². The van der Waals surface area contributed by atoms with E-state index in [2.05, 4.69) is 5.32 Å². The van der Waals surface area contributed by atoms with E-state index in [1.807, 2.05) is 6.07 Å². The summed E-state index contributed by atoms with van der Waals surface area (Å²) in [5.74, 6) is -0.844. The molecule has 1 N–H and O–H groups in total. The molecule has 6 heteroatoms. The molecule has 1 aromatic heterocycles. The molecule has 2 atom stereocenters. The van der Waals surface area contributed by atoms with E-state index < -0.39 is 0 Å². The molecule has 1 aliphatic rings. The van der Waals surface area contributed by atoms with Crippen molar-refractivity contribution in [2.75, 3.05) is 7.11 Å². The molecule has 5 nitrogen and oxygen atoms in total. The summed E-state index contributed by atoms with van der Waals surface area (Å²) in [6, 6.07) is 3.42. The normalized spacial score (nSPS) is 21.9. The standard InChI is InChI=1S/C15H18N2O3S/c1-20-15(19)11-5-3-2-4-6-12(11)17-14(18)13-10(9-16)7-8-21-13/h7-8,11-12H,2-6H2,1H3,(H,17,18)/t11-,12+/m0/s1. The maximum Gasteiger partial charge on any atom is 0.310 e. The van der Waals surface area contributed by atoms with Gasteiger partial charge >= 0.3 is 5.97 Å². The molecule has 21 heavy (non-hydrogen) atoms. The number of nitrogens with one attached hydrogen (secondary N) is 1. The number of methoxy groups -OCH3 is 1. The van der Waals surface area contributed by atoms with Crippen LogP contribution >= 0.6 is 11.3 Å². The first kappa shape index (κ1) is 15.5. The molecule has 1 saturated carbocycles. The minimum Gasteiger partial charge on any atom is -0.469 e. The Morgan fingerprint density at radius 3 is 2.86 bits per heavy atom. The minimum atomic E-state index is -0.299. The van der Waals surface area contributed by atoms with Crippen molar-refractivity contribution in [3.05, 3.63) is 21.9 Å². The first-order valence-corrected chi connectivity index (χ1v) is 7.91. The van der Waals surface area contributed by atoms with Gasteiger partial charge in [0.2, 0.25) is 0 Å². The number of nitrogens with zero attached hydrogens (tertiary/aromatic N) is 1. The predicted octanol–water partition coefficient (Wildman–Crippen LogP) is 2.47. The number of amides is 1. The summed E-state index contributed by atoms with van der Waals surface area (Å²) < 4.78 is 4.85. The lowest BCUT2D eigenvalue weighted by Gasteiger charge is -2.23. The van der Waals surface area contributed by atoms with Gasteiger partial charge in [0, 0.05) is 6.04 Å². The van der Waals surface area contributed by atoms with Crippen LogP contribution in [0.25, 0.3) is 0 Å². The van der Waals surface area contributed by atoms with Crippen molar-refractivity contribution in [3.8, 4) is 6.07 Å². The molecule has 0 bridgehead atoms. The molecule has 0 aliphatic heterocycles. The fourth-order valence-corrected chi connectivity index (χ4v) is 3.47. The fourth-order valence-electron chi connectivity index (χ4n) is 2.72. The number of hydrogen-bond donors (Lipinski definition) is 1. The number of thiophene rings is 1. The second-order valence-corrected chi connectivity index (χ2v) is 6.04. The average Bonchev–Trinajstić information content (AvgIpc) is 2.86. The Labute approximate surface area is 127 Å². The maximum atomic E-state index is 12.3. The summed E-state index contributed by atoms with van der Waals surface area (Å²) in [5, 5.41) is 13.6. The van der Waals surface area contributed by atoms with E-state index in [1.54, 1.807) is 11.4 Å². The van der Waals surface area contributed by atoms with Crippen molar-refractivity contribution in [1.82, 2.24) is 5.32 Å². The summed E-state index contributed by atoms with van der Waals surface area (Å²) in [4.78, 5) is 24.6. The summed E-state index contributed by atoms with van der Waals surface area (Å²) in [7, 11) is 1.37. The number of ether oxygens (including phenoxy) is 1. The molecule has 2 rings (SSSR count). The van der Waals surface area contributed by atoms with Gasteiger partial charge in [-0.1, -0.05) is 19.3 Å². The Kier molecular flexibility index (Phi) is 5.34. The number of hydrogen-bond acceptors (Lipinski definition) is 5. The highest BCUT2D eigenvalue weighted by molar-refractivity contribution is 7.12. The van der Waals surface area contributed by atoms with E-state index >= 15 is 0 Å². The third kappa shape index (κ3) is 3.61. The van der Waals surface area contributed by atoms with Crippen LogP contribution in [0.5, 0.6) is 0 Å². The SMILES string of the molecule is COC(=O)[C@H]1CCCCC[C@H]1NC(=O)c1sccc1C#N. The van der Waals surface area contributed by atoms with Crippen LogP contribution in [0, 0.1) is 17.2 Å². The predicted molar refractivity (Wildman–Crippen MR) is 78.9 cm³/mol. The highest BCUT2D eigenvalue weighted by Crippen LogP contribution is 2.25. The molecule has 0 saturated heterocycles. The molecule has 1 aromatic rings. The highest BCUT2D eigenvalue weighted by Gasteiger charge is 2.32. The molecular weight excluding hydrogens is 288 g/mol. The molecular formula is C15H18N2O3S. The fraction of sp³-hybridized carbons (Fsp3) is 0.533. The van der Waals surface area contributed by atoms with E-state index in [9.17, 15) is 9.59 Å². The Bertz CT molecular complexity index is 562. The van der Waals surface area contributed by atoms with E-state index in [-0.39, 0.29) is 23.8 Å². The van der Waals surface area contributed by atoms with Crippen molar-refractivity contribution in [1.29, 1.82) is 5.26 Å². The van der Waals surface area contributed by atoms with E-state index in [4.69, 9.17) is 10.00 Å². The molecule has 1 amide bonds. The molecule has 1 aliphatic carbocycles. The lowest BCUT2D eigenvalue weighted by molar-refractivity contribution is -0.146. The van der Waals surface area contributed by atoms with Crippen molar-refractivity contribution in [2.45, 2.75) is 38.1 Å². The smallest absolute Gasteiger partial charge is 0.310 e. The van der Waals surface area contributed by atoms with Crippen LogP contribution in [0.2, 0.25) is 0 Å². The summed E-state index contributed by atoms with van der Waals surface area (Å²) in [6.07, 6.45) is 4.50. The Morgan fingerprint density at radius 1 is 1.38 bits per heavy atom. The molecule has 1 heterocycles. The van der Waals surface area contributed by atoms with Gasteiger partial charge < -0.3 is 10.1 Å². The molecule has 112 valence electrons. The average molecular weight is 306 g/mol. The number of nitriles is 1. The Morgan fingerprint density at radius 2 is 2.14 bits per heavy atom. The van der Waals surface area contributed by atoms with Gasteiger partial charge in [-0.25, -0.2) is 0 Å². The van der Waals surface area contributed by atoms with Crippen LogP contribution in [0.1, 0.15) is 47.3 Å². The van der Waals surface area contributed by atoms with Crippen molar-refractivity contribution < 1.29 is 14.3 Å². The summed E-state index contributed by atoms with van der Waals surface area (Å²) in [6.45, 7) is 0. The van der Waals surface area contributed by atoms with Crippen LogP contribution < -0.4 is 5.32 Å². The third-order valence-corrected chi connectivity index (χ3v) is 4.74. The quantitative estimate of drug-likeness (QED) is 0.687. The molecule has 0 radical (unpaired) electrons. The van der Waals surface area contributed by atoms with E-state index in [0.29, 0.717) is 10.4 Å². The van der Waals surface area contributed by atoms with E-state index in [1.165, 1.54) is 18.4 Å². The van der Waals surface area contributed by atoms with E-state index in [0.717, 1.165) is 32.1 Å². The second kappa shape index (κ2) is 7.23. The number of esters is 1. The summed E-state index contributed by atoms with van der Waals surface area (Å²) in [5.41, 5.74) is 0.376. The van der Waals surface area contributed by atoms with Crippen LogP contribution in [0.4, 0.5) is 0 Å². The van der Waals surface area contributed by atoms with Crippen molar-refractivity contribution in [3.63, 3.8) is 0 Å². The van der Waals surface area contributed by atoms with Gasteiger partial charge in [0.25, 0.3) is 5.91 Å². The third-order valence-electron chi connectivity index (χ3n) is 3.83. The zero-order valence-corrected chi connectivity index (χ0v) is 12.7. The van der Waals surface area contributed by atoms with Crippen molar-refractivity contribution >= 4 is 23.2 Å². The number of rotatable bonds is 3. The maximum absolute atomic E-state index is 12.3. The molecule has 0 aromatic carbocycles. The van der Waals surface area contributed by atoms with Crippen LogP contribution in [0.15, 0.2) is 11.4 Å². The summed E-state index contributed by atoms with van der Waals surface area (Å²) >= 11 is 1.24. The van der Waals surface area contributed by atoms with Gasteiger partial charge in [-0.3, -0.25) is 9.59 Å². The lowest BCUT2D eigenvalue weighted by atomic mass is 9.94. The van der Waals surface area contributed by atoms with Gasteiger partial charge in [-0.2, -0.15) is 5.26 Å². The molecule has 1 fully saturated rings. The van der Waals surface area contributed by atoms with Crippen LogP contribution in [-0.4, -0.2) is 25.0 Å². The minimum absolute atomic E-state index is 0.221. The van der Waals surface area contributed by atoms with Gasteiger partial charge in [0.15, 0.2) is 0 Å². The van der Waals surface area contributed by atoms with Gasteiger partial charge in [0.05, 0.1) is 18.6 Å². The highest BCUT2D eigenvalue weighted by atomic mass is 32.1. The van der Waals surface area contributed by atoms with Gasteiger partial charge in [0.1, 0.15) is 10.9 Å². The lowest BCUT2D eigenvalue weighted by Crippen LogP contribution is -2.43. The van der Waals surface area contributed by atoms with Crippen LogP contribution in [0.3, 0.4) is 0 Å². The zero-order chi connectivity index (χ0) is 15.2. The number of carbonyl (C=O) groups excluding carboxylic acids is 2. The first-order chi connectivity index (χ1) is 10.2. The molecule has 0 unspecified atom stereocenters. The van der Waals surface area contributed by atoms with Gasteiger partial charge in [-0.15, -0.1) is 11.3 Å². The second-order valence-electron chi connectivity index (χ2n) is 5.12.